The number of amides is 1. The van der Waals surface area contributed by atoms with Gasteiger partial charge in [0.05, 0.1) is 4.90 Å². The third-order valence-electron chi connectivity index (χ3n) is 2.27. The van der Waals surface area contributed by atoms with Gasteiger partial charge < -0.3 is 9.29 Å². The van der Waals surface area contributed by atoms with Gasteiger partial charge in [-0.15, -0.1) is 0 Å². The number of carbonyl (C=O) groups is 1. The Morgan fingerprint density at radius 2 is 1.89 bits per heavy atom. The number of hydrogen-bond acceptors (Lipinski definition) is 5. The quantitative estimate of drug-likeness (QED) is 0.565. The fourth-order valence-corrected chi connectivity index (χ4v) is 1.59. The predicted octanol–water partition coefficient (Wildman–Crippen LogP) is -1.06. The van der Waals surface area contributed by atoms with Crippen LogP contribution in [0.1, 0.15) is 20.3 Å². The first-order valence-corrected chi connectivity index (χ1v) is 6.77. The number of anilines is 1. The van der Waals surface area contributed by atoms with E-state index in [9.17, 15) is 17.8 Å². The Hall–Kier alpha value is 0.0364. The molecular formula is C11H14KNO5S. The predicted molar refractivity (Wildman–Crippen MR) is 64.3 cm³/mol. The summed E-state index contributed by atoms with van der Waals surface area (Å²) in [6.45, 7) is 3.64. The monoisotopic (exact) mass is 311 g/mol. The van der Waals surface area contributed by atoms with Crippen molar-refractivity contribution in [2.45, 2.75) is 31.3 Å². The summed E-state index contributed by atoms with van der Waals surface area (Å²) in [5, 5.41) is 2.43. The first-order valence-electron chi connectivity index (χ1n) is 5.36. The van der Waals surface area contributed by atoms with Gasteiger partial charge in [0.15, 0.2) is 0 Å². The smallest absolute Gasteiger partial charge is 0.744 e. The summed E-state index contributed by atoms with van der Waals surface area (Å²) >= 11 is 0. The molecule has 1 aromatic carbocycles. The molecular weight excluding hydrogens is 297 g/mol. The first-order chi connectivity index (χ1) is 8.32. The van der Waals surface area contributed by atoms with Gasteiger partial charge in [0.1, 0.15) is 16.2 Å². The second-order valence-electron chi connectivity index (χ2n) is 3.73. The molecule has 0 saturated carbocycles. The van der Waals surface area contributed by atoms with E-state index < -0.39 is 16.2 Å². The van der Waals surface area contributed by atoms with Gasteiger partial charge in [-0.1, -0.05) is 6.92 Å². The Labute approximate surface area is 155 Å². The molecule has 0 aromatic heterocycles. The Bertz CT molecular complexity index is 514. The third-order valence-corrected chi connectivity index (χ3v) is 3.12. The van der Waals surface area contributed by atoms with Crippen LogP contribution in [0.15, 0.2) is 29.2 Å². The van der Waals surface area contributed by atoms with E-state index >= 15 is 0 Å². The Morgan fingerprint density at radius 1 is 1.37 bits per heavy atom. The molecule has 0 aliphatic rings. The van der Waals surface area contributed by atoms with E-state index in [1.54, 1.807) is 6.92 Å². The number of ether oxygens (including phenoxy) is 1. The minimum absolute atomic E-state index is 0. The van der Waals surface area contributed by atoms with Crippen molar-refractivity contribution in [2.24, 2.45) is 0 Å². The van der Waals surface area contributed by atoms with E-state index in [-0.39, 0.29) is 62.4 Å². The number of carbonyl (C=O) groups excluding carboxylic acids is 1. The van der Waals surface area contributed by atoms with E-state index in [2.05, 4.69) is 5.32 Å². The Kier molecular flexibility index (Phi) is 8.37. The van der Waals surface area contributed by atoms with Crippen LogP contribution < -0.4 is 56.7 Å². The molecule has 1 N–H and O–H groups in total. The first kappa shape index (κ1) is 19.0. The summed E-state index contributed by atoms with van der Waals surface area (Å²) in [4.78, 5) is 11.0. The molecule has 1 unspecified atom stereocenters. The van der Waals surface area contributed by atoms with Crippen molar-refractivity contribution in [3.63, 3.8) is 0 Å². The number of hydrogen-bond donors (Lipinski definition) is 1. The van der Waals surface area contributed by atoms with E-state index in [1.807, 2.05) is 6.92 Å². The van der Waals surface area contributed by atoms with Gasteiger partial charge in [-0.05, 0) is 37.6 Å². The maximum absolute atomic E-state index is 11.4. The van der Waals surface area contributed by atoms with Crippen molar-refractivity contribution in [2.75, 3.05) is 5.32 Å². The molecule has 0 saturated heterocycles. The van der Waals surface area contributed by atoms with Crippen LogP contribution in [0.3, 0.4) is 0 Å². The van der Waals surface area contributed by atoms with Crippen LogP contribution in [0, 0.1) is 0 Å². The van der Waals surface area contributed by atoms with Crippen molar-refractivity contribution >= 4 is 21.9 Å². The minimum atomic E-state index is -4.46. The average Bonchev–Trinajstić information content (AvgIpc) is 2.28. The molecule has 19 heavy (non-hydrogen) atoms. The number of benzene rings is 1. The summed E-state index contributed by atoms with van der Waals surface area (Å²) < 4.78 is 37.0. The molecule has 1 rings (SSSR count). The van der Waals surface area contributed by atoms with Crippen LogP contribution in [-0.4, -0.2) is 25.2 Å². The molecule has 1 atom stereocenters. The Morgan fingerprint density at radius 3 is 2.32 bits per heavy atom. The topological polar surface area (TPSA) is 95.5 Å². The summed E-state index contributed by atoms with van der Waals surface area (Å²) in [5.41, 5.74) is 0.357. The summed E-state index contributed by atoms with van der Waals surface area (Å²) in [5.74, 6) is 0. The average molecular weight is 311 g/mol. The maximum Gasteiger partial charge on any atom is 1.00 e. The van der Waals surface area contributed by atoms with E-state index in [4.69, 9.17) is 4.74 Å². The van der Waals surface area contributed by atoms with E-state index in [0.29, 0.717) is 12.1 Å². The van der Waals surface area contributed by atoms with Crippen molar-refractivity contribution in [3.8, 4) is 0 Å². The molecule has 0 heterocycles. The van der Waals surface area contributed by atoms with Crippen molar-refractivity contribution in [3.05, 3.63) is 24.3 Å². The second-order valence-corrected chi connectivity index (χ2v) is 5.11. The van der Waals surface area contributed by atoms with Crippen LogP contribution in [0.5, 0.6) is 0 Å². The number of rotatable bonds is 4. The molecule has 6 nitrogen and oxygen atoms in total. The van der Waals surface area contributed by atoms with Crippen molar-refractivity contribution < 1.29 is 73.9 Å². The summed E-state index contributed by atoms with van der Waals surface area (Å²) in [7, 11) is -4.46. The zero-order valence-electron chi connectivity index (χ0n) is 11.0. The van der Waals surface area contributed by atoms with Crippen molar-refractivity contribution in [1.29, 1.82) is 0 Å². The van der Waals surface area contributed by atoms with Gasteiger partial charge >= 0.3 is 57.5 Å². The number of nitrogens with one attached hydrogen (secondary N) is 1. The molecule has 1 amide bonds. The fourth-order valence-electron chi connectivity index (χ4n) is 1.12. The summed E-state index contributed by atoms with van der Waals surface area (Å²) in [6, 6.07) is 4.90. The standard InChI is InChI=1S/C11H15NO5S.K/c1-3-8(2)17-11(13)12-9-4-6-10(7-5-9)18(14,15)16;/h4-8H,3H2,1-2H3,(H,12,13)(H,14,15,16);/q;+1/p-1. The van der Waals surface area contributed by atoms with Gasteiger partial charge in [-0.3, -0.25) is 5.32 Å². The molecule has 0 fully saturated rings. The van der Waals surface area contributed by atoms with Gasteiger partial charge in [0.2, 0.25) is 0 Å². The second kappa shape index (κ2) is 8.35. The molecule has 0 radical (unpaired) electrons. The van der Waals surface area contributed by atoms with Crippen LogP contribution in [0.2, 0.25) is 0 Å². The molecule has 0 bridgehead atoms. The Balaban J connectivity index is 0.00000324. The summed E-state index contributed by atoms with van der Waals surface area (Å²) in [6.07, 6.45) is -0.130. The molecule has 8 heteroatoms. The third kappa shape index (κ3) is 6.84. The van der Waals surface area contributed by atoms with Crippen LogP contribution in [0.4, 0.5) is 10.5 Å². The van der Waals surface area contributed by atoms with E-state index in [1.165, 1.54) is 12.1 Å². The van der Waals surface area contributed by atoms with Gasteiger partial charge in [0.25, 0.3) is 0 Å². The van der Waals surface area contributed by atoms with Gasteiger partial charge in [-0.25, -0.2) is 13.2 Å². The van der Waals surface area contributed by atoms with Crippen LogP contribution in [0.25, 0.3) is 0 Å². The largest absolute Gasteiger partial charge is 1.00 e. The SMILES string of the molecule is CCC(C)OC(=O)Nc1ccc(S(=O)(=O)[O-])cc1.[K+]. The zero-order valence-corrected chi connectivity index (χ0v) is 15.0. The van der Waals surface area contributed by atoms with E-state index in [0.717, 1.165) is 12.1 Å². The van der Waals surface area contributed by atoms with Gasteiger partial charge in [0, 0.05) is 5.69 Å². The van der Waals surface area contributed by atoms with Crippen LogP contribution in [-0.2, 0) is 14.9 Å². The molecule has 0 aliphatic carbocycles. The molecule has 100 valence electrons. The zero-order chi connectivity index (χ0) is 13.8. The van der Waals surface area contributed by atoms with Crippen LogP contribution >= 0.6 is 0 Å². The minimum Gasteiger partial charge on any atom is -0.744 e. The maximum atomic E-state index is 11.4. The normalized spacial score (nSPS) is 12.2. The fraction of sp³-hybridized carbons (Fsp3) is 0.364. The van der Waals surface area contributed by atoms with Gasteiger partial charge in [-0.2, -0.15) is 0 Å². The molecule has 0 spiro atoms. The molecule has 0 aliphatic heterocycles. The van der Waals surface area contributed by atoms with Crippen molar-refractivity contribution in [1.82, 2.24) is 0 Å². The molecule has 1 aromatic rings.